The predicted octanol–water partition coefficient (Wildman–Crippen LogP) is 3.35. The van der Waals surface area contributed by atoms with Crippen LogP contribution in [0.15, 0.2) is 47.3 Å². The smallest absolute Gasteiger partial charge is 0.348 e. The van der Waals surface area contributed by atoms with E-state index in [1.165, 1.54) is 0 Å². The molecule has 1 aromatic heterocycles. The second-order valence-corrected chi connectivity index (χ2v) is 4.28. The fraction of sp³-hybridized carbons (Fsp3) is 0.250. The Labute approximate surface area is 131 Å². The second-order valence-electron chi connectivity index (χ2n) is 4.28. The number of amides is 1. The van der Waals surface area contributed by atoms with Crippen LogP contribution in [0.2, 0.25) is 0 Å². The van der Waals surface area contributed by atoms with Gasteiger partial charge in [-0.15, -0.1) is 0 Å². The summed E-state index contributed by atoms with van der Waals surface area (Å²) < 4.78 is 37.2. The molecule has 0 atom stereocenters. The molecule has 0 spiro atoms. The number of carbonyl (C=O) groups excluding carboxylic acids is 1. The van der Waals surface area contributed by atoms with Crippen LogP contribution < -0.4 is 10.9 Å². The summed E-state index contributed by atoms with van der Waals surface area (Å²) >= 11 is 0. The molecule has 0 saturated carbocycles. The molecule has 2 aromatic rings. The number of H-pyrrole nitrogens is 1. The molecule has 0 bridgehead atoms. The fourth-order valence-electron chi connectivity index (χ4n) is 1.69. The number of pyridine rings is 1. The van der Waals surface area contributed by atoms with Crippen LogP contribution in [0.5, 0.6) is 0 Å². The van der Waals surface area contributed by atoms with Gasteiger partial charge in [0.1, 0.15) is 11.3 Å². The summed E-state index contributed by atoms with van der Waals surface area (Å²) in [5.74, 6) is -0.728. The second kappa shape index (κ2) is 8.17. The van der Waals surface area contributed by atoms with Crippen LogP contribution in [0.25, 0.3) is 0 Å². The third-order valence-electron chi connectivity index (χ3n) is 2.76. The number of hydrogen-bond donors (Lipinski definition) is 2. The lowest BCUT2D eigenvalue weighted by atomic mass is 10.2. The zero-order valence-corrected chi connectivity index (χ0v) is 12.7. The first kappa shape index (κ1) is 18.5. The molecule has 1 heterocycles. The van der Waals surface area contributed by atoms with Gasteiger partial charge in [0.05, 0.1) is 0 Å². The van der Waals surface area contributed by atoms with Crippen molar-refractivity contribution in [1.82, 2.24) is 10.3 Å². The van der Waals surface area contributed by atoms with E-state index in [1.807, 2.05) is 19.9 Å². The predicted molar refractivity (Wildman–Crippen MR) is 81.0 cm³/mol. The van der Waals surface area contributed by atoms with Gasteiger partial charge >= 0.3 is 6.18 Å². The molecule has 0 saturated heterocycles. The Morgan fingerprint density at radius 1 is 1.09 bits per heavy atom. The maximum Gasteiger partial charge on any atom is 0.431 e. The van der Waals surface area contributed by atoms with E-state index in [1.54, 1.807) is 29.2 Å². The first-order valence-electron chi connectivity index (χ1n) is 7.00. The number of alkyl halides is 3. The van der Waals surface area contributed by atoms with Gasteiger partial charge in [0.25, 0.3) is 11.5 Å². The van der Waals surface area contributed by atoms with E-state index in [9.17, 15) is 22.8 Å². The lowest BCUT2D eigenvalue weighted by molar-refractivity contribution is -0.141. The Balaban J connectivity index is 0.00000127. The van der Waals surface area contributed by atoms with Gasteiger partial charge in [-0.05, 0) is 17.7 Å². The summed E-state index contributed by atoms with van der Waals surface area (Å²) in [5, 5.41) is 2.47. The monoisotopic (exact) mass is 326 g/mol. The summed E-state index contributed by atoms with van der Waals surface area (Å²) in [5.41, 5.74) is -1.81. The summed E-state index contributed by atoms with van der Waals surface area (Å²) in [6.07, 6.45) is -4.65. The van der Waals surface area contributed by atoms with Crippen molar-refractivity contribution in [3.8, 4) is 0 Å². The van der Waals surface area contributed by atoms with Gasteiger partial charge in [-0.3, -0.25) is 9.59 Å². The Morgan fingerprint density at radius 2 is 1.70 bits per heavy atom. The molecule has 0 radical (unpaired) electrons. The van der Waals surface area contributed by atoms with Crippen molar-refractivity contribution in [2.45, 2.75) is 26.6 Å². The highest BCUT2D eigenvalue weighted by Crippen LogP contribution is 2.26. The van der Waals surface area contributed by atoms with Gasteiger partial charge in [0, 0.05) is 6.54 Å². The van der Waals surface area contributed by atoms with Crippen LogP contribution in [0, 0.1) is 0 Å². The van der Waals surface area contributed by atoms with Crippen LogP contribution in [-0.2, 0) is 12.7 Å². The zero-order chi connectivity index (χ0) is 17.5. The lowest BCUT2D eigenvalue weighted by Gasteiger charge is -2.08. The van der Waals surface area contributed by atoms with E-state index in [0.717, 1.165) is 11.6 Å². The maximum atomic E-state index is 12.4. The molecule has 124 valence electrons. The summed E-state index contributed by atoms with van der Waals surface area (Å²) in [6.45, 7) is 4.18. The normalized spacial score (nSPS) is 10.5. The van der Waals surface area contributed by atoms with Crippen molar-refractivity contribution in [2.75, 3.05) is 0 Å². The number of nitrogens with one attached hydrogen (secondary N) is 2. The molecule has 0 unspecified atom stereocenters. The van der Waals surface area contributed by atoms with E-state index in [-0.39, 0.29) is 12.1 Å². The molecule has 7 heteroatoms. The minimum atomic E-state index is -4.65. The van der Waals surface area contributed by atoms with E-state index in [2.05, 4.69) is 5.32 Å². The van der Waals surface area contributed by atoms with Gasteiger partial charge < -0.3 is 10.3 Å². The Morgan fingerprint density at radius 3 is 2.22 bits per heavy atom. The number of benzene rings is 1. The molecule has 23 heavy (non-hydrogen) atoms. The molecule has 2 N–H and O–H groups in total. The molecule has 0 aliphatic heterocycles. The summed E-state index contributed by atoms with van der Waals surface area (Å²) in [6, 6.07) is 10.5. The number of carbonyl (C=O) groups is 1. The zero-order valence-electron chi connectivity index (χ0n) is 12.7. The van der Waals surface area contributed by atoms with Gasteiger partial charge in [-0.2, -0.15) is 13.2 Å². The third kappa shape index (κ3) is 5.28. The molecule has 4 nitrogen and oxygen atoms in total. The molecule has 1 aromatic carbocycles. The first-order chi connectivity index (χ1) is 10.9. The van der Waals surface area contributed by atoms with Crippen molar-refractivity contribution in [3.05, 3.63) is 69.6 Å². The fourth-order valence-corrected chi connectivity index (χ4v) is 1.69. The SMILES string of the molecule is CC.O=C(NCc1ccccc1)c1ccc(C(F)(F)F)[nH]c1=O. The Kier molecular flexibility index (Phi) is 6.56. The van der Waals surface area contributed by atoms with Crippen molar-refractivity contribution in [3.63, 3.8) is 0 Å². The highest BCUT2D eigenvalue weighted by atomic mass is 19.4. The van der Waals surface area contributed by atoms with Crippen molar-refractivity contribution < 1.29 is 18.0 Å². The maximum absolute atomic E-state index is 12.4. The molecular formula is C16H17F3N2O2. The number of aromatic amines is 1. The lowest BCUT2D eigenvalue weighted by Crippen LogP contribution is -2.30. The molecule has 1 amide bonds. The van der Waals surface area contributed by atoms with Crippen LogP contribution in [0.3, 0.4) is 0 Å². The number of halogens is 3. The van der Waals surface area contributed by atoms with Crippen LogP contribution in [-0.4, -0.2) is 10.9 Å². The van der Waals surface area contributed by atoms with Crippen molar-refractivity contribution in [1.29, 1.82) is 0 Å². The standard InChI is InChI=1S/C14H11F3N2O2.C2H6/c15-14(16,17)11-7-6-10(13(21)19-11)12(20)18-8-9-4-2-1-3-5-9;1-2/h1-7H,8H2,(H,18,20)(H,19,21);1-2H3. The van der Waals surface area contributed by atoms with Gasteiger partial charge in [-0.1, -0.05) is 44.2 Å². The number of hydrogen-bond acceptors (Lipinski definition) is 2. The van der Waals surface area contributed by atoms with E-state index < -0.39 is 23.3 Å². The van der Waals surface area contributed by atoms with E-state index >= 15 is 0 Å². The highest BCUT2D eigenvalue weighted by molar-refractivity contribution is 5.93. The van der Waals surface area contributed by atoms with Crippen LogP contribution in [0.4, 0.5) is 13.2 Å². The highest BCUT2D eigenvalue weighted by Gasteiger charge is 2.32. The van der Waals surface area contributed by atoms with Crippen molar-refractivity contribution >= 4 is 5.91 Å². The minimum Gasteiger partial charge on any atom is -0.348 e. The minimum absolute atomic E-state index is 0.181. The quantitative estimate of drug-likeness (QED) is 0.908. The summed E-state index contributed by atoms with van der Waals surface area (Å²) in [4.78, 5) is 25.0. The molecule has 0 aliphatic carbocycles. The largest absolute Gasteiger partial charge is 0.431 e. The van der Waals surface area contributed by atoms with Crippen molar-refractivity contribution in [2.24, 2.45) is 0 Å². The Bertz CT molecular complexity index is 694. The molecule has 2 rings (SSSR count). The number of rotatable bonds is 3. The Hall–Kier alpha value is -2.57. The van der Waals surface area contributed by atoms with Crippen LogP contribution >= 0.6 is 0 Å². The van der Waals surface area contributed by atoms with Crippen LogP contribution in [0.1, 0.15) is 35.5 Å². The van der Waals surface area contributed by atoms with Gasteiger partial charge in [0.15, 0.2) is 0 Å². The van der Waals surface area contributed by atoms with Gasteiger partial charge in [0.2, 0.25) is 0 Å². The average molecular weight is 326 g/mol. The molecular weight excluding hydrogens is 309 g/mol. The molecule has 0 fully saturated rings. The average Bonchev–Trinajstić information content (AvgIpc) is 2.54. The summed E-state index contributed by atoms with van der Waals surface area (Å²) in [7, 11) is 0. The van der Waals surface area contributed by atoms with Gasteiger partial charge in [-0.25, -0.2) is 0 Å². The topological polar surface area (TPSA) is 62.0 Å². The van der Waals surface area contributed by atoms with E-state index in [4.69, 9.17) is 0 Å². The molecule has 0 aliphatic rings. The number of aromatic nitrogens is 1. The van der Waals surface area contributed by atoms with E-state index in [0.29, 0.717) is 6.07 Å². The third-order valence-corrected chi connectivity index (χ3v) is 2.76. The first-order valence-corrected chi connectivity index (χ1v) is 7.00.